The lowest BCUT2D eigenvalue weighted by Crippen LogP contribution is -2.38. The van der Waals surface area contributed by atoms with Crippen molar-refractivity contribution < 1.29 is 19.1 Å². The number of carboxylic acid groups (broad SMARTS) is 1. The number of hydrogen-bond acceptors (Lipinski definition) is 2. The smallest absolute Gasteiger partial charge is 0.317 e. The van der Waals surface area contributed by atoms with Crippen LogP contribution in [0.4, 0.5) is 9.18 Å². The van der Waals surface area contributed by atoms with Crippen molar-refractivity contribution in [3.8, 4) is 0 Å². The second kappa shape index (κ2) is 9.76. The molecule has 1 aromatic rings. The summed E-state index contributed by atoms with van der Waals surface area (Å²) < 4.78 is 12.7. The third-order valence-corrected chi connectivity index (χ3v) is 3.34. The molecule has 0 heterocycles. The summed E-state index contributed by atoms with van der Waals surface area (Å²) in [4.78, 5) is 23.4. The molecular formula is C16H23FN2O3. The van der Waals surface area contributed by atoms with Crippen molar-refractivity contribution in [2.24, 2.45) is 0 Å². The summed E-state index contributed by atoms with van der Waals surface area (Å²) in [6, 6.07) is 6.24. The molecular weight excluding hydrogens is 287 g/mol. The van der Waals surface area contributed by atoms with Gasteiger partial charge in [-0.1, -0.05) is 18.6 Å². The molecule has 0 aliphatic rings. The Bertz CT molecular complexity index is 477. The molecule has 0 saturated carbocycles. The fourth-order valence-electron chi connectivity index (χ4n) is 1.98. The minimum atomic E-state index is -0.916. The number of nitrogens with one attached hydrogen (secondary N) is 1. The standard InChI is InChI=1S/C16H23FN2O3/c1-19(12-10-15(20)21)16(22)18-11-4-2-3-5-13-6-8-14(17)9-7-13/h6-9H,2-5,10-12H2,1H3,(H,18,22)(H,20,21). The minimum Gasteiger partial charge on any atom is -0.481 e. The lowest BCUT2D eigenvalue weighted by atomic mass is 10.1. The number of benzene rings is 1. The maximum atomic E-state index is 12.7. The lowest BCUT2D eigenvalue weighted by molar-refractivity contribution is -0.137. The van der Waals surface area contributed by atoms with Gasteiger partial charge in [0, 0.05) is 20.1 Å². The van der Waals surface area contributed by atoms with Crippen LogP contribution in [0.5, 0.6) is 0 Å². The van der Waals surface area contributed by atoms with E-state index in [-0.39, 0.29) is 24.8 Å². The molecule has 0 atom stereocenters. The first kappa shape index (κ1) is 17.9. The highest BCUT2D eigenvalue weighted by Crippen LogP contribution is 2.07. The molecule has 1 aromatic carbocycles. The van der Waals surface area contributed by atoms with Crippen LogP contribution in [0.3, 0.4) is 0 Å². The van der Waals surface area contributed by atoms with Gasteiger partial charge >= 0.3 is 12.0 Å². The fraction of sp³-hybridized carbons (Fsp3) is 0.500. The summed E-state index contributed by atoms with van der Waals surface area (Å²) in [6.07, 6.45) is 3.65. The Kier molecular flexibility index (Phi) is 7.96. The number of rotatable bonds is 9. The van der Waals surface area contributed by atoms with Crippen LogP contribution in [0.1, 0.15) is 31.2 Å². The maximum absolute atomic E-state index is 12.7. The van der Waals surface area contributed by atoms with Gasteiger partial charge in [0.2, 0.25) is 0 Å². The van der Waals surface area contributed by atoms with Crippen LogP contribution >= 0.6 is 0 Å². The van der Waals surface area contributed by atoms with Crippen LogP contribution < -0.4 is 5.32 Å². The summed E-state index contributed by atoms with van der Waals surface area (Å²) in [5.41, 5.74) is 1.11. The first-order valence-corrected chi connectivity index (χ1v) is 7.44. The van der Waals surface area contributed by atoms with E-state index in [1.54, 1.807) is 19.2 Å². The maximum Gasteiger partial charge on any atom is 0.317 e. The summed E-state index contributed by atoms with van der Waals surface area (Å²) in [5.74, 6) is -1.14. The molecule has 1 rings (SSSR count). The van der Waals surface area contributed by atoms with E-state index >= 15 is 0 Å². The van der Waals surface area contributed by atoms with E-state index in [4.69, 9.17) is 5.11 Å². The van der Waals surface area contributed by atoms with Gasteiger partial charge in [0.1, 0.15) is 5.82 Å². The molecule has 0 fully saturated rings. The second-order valence-corrected chi connectivity index (χ2v) is 5.23. The molecule has 2 amide bonds. The quantitative estimate of drug-likeness (QED) is 0.689. The van der Waals surface area contributed by atoms with Gasteiger partial charge < -0.3 is 15.3 Å². The van der Waals surface area contributed by atoms with E-state index in [2.05, 4.69) is 5.32 Å². The van der Waals surface area contributed by atoms with Gasteiger partial charge in [-0.2, -0.15) is 0 Å². The summed E-state index contributed by atoms with van der Waals surface area (Å²) in [5, 5.41) is 11.3. The molecule has 0 bridgehead atoms. The van der Waals surface area contributed by atoms with Crippen molar-refractivity contribution in [1.82, 2.24) is 10.2 Å². The number of nitrogens with zero attached hydrogens (tertiary/aromatic N) is 1. The number of urea groups is 1. The Morgan fingerprint density at radius 2 is 1.86 bits per heavy atom. The monoisotopic (exact) mass is 310 g/mol. The normalized spacial score (nSPS) is 10.3. The fourth-order valence-corrected chi connectivity index (χ4v) is 1.98. The molecule has 0 aliphatic carbocycles. The zero-order chi connectivity index (χ0) is 16.4. The van der Waals surface area contributed by atoms with Gasteiger partial charge in [0.05, 0.1) is 6.42 Å². The molecule has 0 saturated heterocycles. The van der Waals surface area contributed by atoms with Crippen molar-refractivity contribution in [3.63, 3.8) is 0 Å². The molecule has 5 nitrogen and oxygen atoms in total. The molecule has 22 heavy (non-hydrogen) atoms. The van der Waals surface area contributed by atoms with Crippen LogP contribution in [-0.2, 0) is 11.2 Å². The van der Waals surface area contributed by atoms with Crippen LogP contribution in [0.2, 0.25) is 0 Å². The van der Waals surface area contributed by atoms with Gasteiger partial charge in [-0.25, -0.2) is 9.18 Å². The molecule has 6 heteroatoms. The highest BCUT2D eigenvalue weighted by molar-refractivity contribution is 5.74. The van der Waals surface area contributed by atoms with E-state index in [9.17, 15) is 14.0 Å². The van der Waals surface area contributed by atoms with Gasteiger partial charge in [0.15, 0.2) is 0 Å². The zero-order valence-corrected chi connectivity index (χ0v) is 12.8. The Morgan fingerprint density at radius 3 is 2.50 bits per heavy atom. The Balaban J connectivity index is 2.06. The SMILES string of the molecule is CN(CCC(=O)O)C(=O)NCCCCCc1ccc(F)cc1. The van der Waals surface area contributed by atoms with Crippen molar-refractivity contribution in [1.29, 1.82) is 0 Å². The molecule has 0 aromatic heterocycles. The van der Waals surface area contributed by atoms with Crippen molar-refractivity contribution in [3.05, 3.63) is 35.6 Å². The first-order chi connectivity index (χ1) is 10.5. The summed E-state index contributed by atoms with van der Waals surface area (Å²) in [6.45, 7) is 0.769. The number of carbonyl (C=O) groups excluding carboxylic acids is 1. The summed E-state index contributed by atoms with van der Waals surface area (Å²) in [7, 11) is 1.58. The predicted molar refractivity (Wildman–Crippen MR) is 82.2 cm³/mol. The number of halogens is 1. The number of hydrogen-bond donors (Lipinski definition) is 2. The van der Waals surface area contributed by atoms with Crippen molar-refractivity contribution >= 4 is 12.0 Å². The van der Waals surface area contributed by atoms with Gasteiger partial charge in [-0.05, 0) is 37.0 Å². The highest BCUT2D eigenvalue weighted by atomic mass is 19.1. The lowest BCUT2D eigenvalue weighted by Gasteiger charge is -2.16. The average molecular weight is 310 g/mol. The second-order valence-electron chi connectivity index (χ2n) is 5.23. The van der Waals surface area contributed by atoms with Gasteiger partial charge in [0.25, 0.3) is 0 Å². The van der Waals surface area contributed by atoms with E-state index in [0.29, 0.717) is 6.54 Å². The number of carboxylic acids is 1. The van der Waals surface area contributed by atoms with E-state index in [1.165, 1.54) is 17.0 Å². The van der Waals surface area contributed by atoms with Gasteiger partial charge in [-0.15, -0.1) is 0 Å². The minimum absolute atomic E-state index is 0.0540. The number of unbranched alkanes of at least 4 members (excludes halogenated alkanes) is 2. The topological polar surface area (TPSA) is 69.6 Å². The Morgan fingerprint density at radius 1 is 1.18 bits per heavy atom. The number of aryl methyl sites for hydroxylation is 1. The van der Waals surface area contributed by atoms with Gasteiger partial charge in [-0.3, -0.25) is 4.79 Å². The average Bonchev–Trinajstić information content (AvgIpc) is 2.49. The highest BCUT2D eigenvalue weighted by Gasteiger charge is 2.08. The molecule has 2 N–H and O–H groups in total. The zero-order valence-electron chi connectivity index (χ0n) is 12.8. The first-order valence-electron chi connectivity index (χ1n) is 7.44. The number of amides is 2. The number of aliphatic carboxylic acids is 1. The van der Waals surface area contributed by atoms with E-state index < -0.39 is 5.97 Å². The largest absolute Gasteiger partial charge is 0.481 e. The third kappa shape index (κ3) is 7.61. The predicted octanol–water partition coefficient (Wildman–Crippen LogP) is 2.65. The van der Waals surface area contributed by atoms with Crippen molar-refractivity contribution in [2.75, 3.05) is 20.1 Å². The molecule has 122 valence electrons. The molecule has 0 aliphatic heterocycles. The van der Waals surface area contributed by atoms with Crippen LogP contribution in [-0.4, -0.2) is 42.1 Å². The Hall–Kier alpha value is -2.11. The number of carbonyl (C=O) groups is 2. The molecule has 0 spiro atoms. The Labute approximate surface area is 130 Å². The van der Waals surface area contributed by atoms with Crippen molar-refractivity contribution in [2.45, 2.75) is 32.1 Å². The summed E-state index contributed by atoms with van der Waals surface area (Å²) >= 11 is 0. The molecule has 0 unspecified atom stereocenters. The van der Waals surface area contributed by atoms with Crippen LogP contribution in [0.25, 0.3) is 0 Å². The van der Waals surface area contributed by atoms with E-state index in [1.807, 2.05) is 0 Å². The van der Waals surface area contributed by atoms with Crippen LogP contribution in [0, 0.1) is 5.82 Å². The van der Waals surface area contributed by atoms with Crippen LogP contribution in [0.15, 0.2) is 24.3 Å². The molecule has 0 radical (unpaired) electrons. The van der Waals surface area contributed by atoms with E-state index in [0.717, 1.165) is 31.2 Å². The third-order valence-electron chi connectivity index (χ3n) is 3.34.